The topological polar surface area (TPSA) is 62.3 Å². The molecule has 0 heterocycles. The fourth-order valence-electron chi connectivity index (χ4n) is 1.89. The van der Waals surface area contributed by atoms with Gasteiger partial charge in [-0.3, -0.25) is 4.90 Å². The molecule has 0 spiro atoms. The van der Waals surface area contributed by atoms with E-state index in [1.54, 1.807) is 7.11 Å². The van der Waals surface area contributed by atoms with Crippen LogP contribution >= 0.6 is 0 Å². The van der Waals surface area contributed by atoms with Crippen LogP contribution in [0.4, 0.5) is 0 Å². The monoisotopic (exact) mass is 271 g/mol. The molecule has 0 unspecified atom stereocenters. The van der Waals surface area contributed by atoms with Gasteiger partial charge in [-0.25, -0.2) is 0 Å². The molecule has 106 valence electrons. The van der Waals surface area contributed by atoms with Gasteiger partial charge < -0.3 is 10.5 Å². The third-order valence-electron chi connectivity index (χ3n) is 3.02. The maximum atomic E-state index is 8.70. The van der Waals surface area contributed by atoms with E-state index < -0.39 is 0 Å². The second-order valence-electron chi connectivity index (χ2n) is 4.31. The Kier molecular flexibility index (Phi) is 7.21. The molecule has 2 N–H and O–H groups in total. The van der Waals surface area contributed by atoms with Crippen LogP contribution in [0, 0.1) is 23.2 Å². The Morgan fingerprint density at radius 1 is 1.40 bits per heavy atom. The van der Waals surface area contributed by atoms with Gasteiger partial charge in [0.1, 0.15) is 5.75 Å². The fourth-order valence-corrected chi connectivity index (χ4v) is 1.89. The van der Waals surface area contributed by atoms with Crippen LogP contribution in [0.3, 0.4) is 0 Å². The molecule has 0 aliphatic carbocycles. The summed E-state index contributed by atoms with van der Waals surface area (Å²) >= 11 is 0. The van der Waals surface area contributed by atoms with Crippen LogP contribution in [0.25, 0.3) is 0 Å². The fraction of sp³-hybridized carbons (Fsp3) is 0.438. The van der Waals surface area contributed by atoms with Crippen molar-refractivity contribution in [3.63, 3.8) is 0 Å². The molecule has 0 radical (unpaired) electrons. The number of benzene rings is 1. The standard InChI is InChI=1S/C16H21N3O/c1-3-19(11-5-10-18)13-15-12-16(20-2)8-7-14(15)6-4-9-17/h7-8,12H,3,5,9,11,13,17H2,1-2H3. The Bertz CT molecular complexity index is 523. The predicted molar refractivity (Wildman–Crippen MR) is 80.1 cm³/mol. The van der Waals surface area contributed by atoms with E-state index >= 15 is 0 Å². The lowest BCUT2D eigenvalue weighted by Crippen LogP contribution is -2.24. The molecule has 4 nitrogen and oxygen atoms in total. The van der Waals surface area contributed by atoms with Gasteiger partial charge in [-0.05, 0) is 30.3 Å². The van der Waals surface area contributed by atoms with E-state index in [1.807, 2.05) is 18.2 Å². The second kappa shape index (κ2) is 8.98. The Hall–Kier alpha value is -2.01. The van der Waals surface area contributed by atoms with Crippen molar-refractivity contribution in [2.45, 2.75) is 19.9 Å². The summed E-state index contributed by atoms with van der Waals surface area (Å²) in [5.74, 6) is 6.78. The zero-order valence-corrected chi connectivity index (χ0v) is 12.1. The average molecular weight is 271 g/mol. The summed E-state index contributed by atoms with van der Waals surface area (Å²) in [7, 11) is 1.65. The van der Waals surface area contributed by atoms with Gasteiger partial charge in [-0.15, -0.1) is 0 Å². The van der Waals surface area contributed by atoms with E-state index in [9.17, 15) is 0 Å². The molecule has 0 atom stereocenters. The van der Waals surface area contributed by atoms with Crippen molar-refractivity contribution in [1.29, 1.82) is 5.26 Å². The van der Waals surface area contributed by atoms with E-state index in [4.69, 9.17) is 15.7 Å². The van der Waals surface area contributed by atoms with Crippen molar-refractivity contribution in [3.05, 3.63) is 29.3 Å². The van der Waals surface area contributed by atoms with E-state index in [0.717, 1.165) is 36.5 Å². The van der Waals surface area contributed by atoms with E-state index in [0.29, 0.717) is 13.0 Å². The first-order valence-electron chi connectivity index (χ1n) is 6.70. The molecule has 0 fully saturated rings. The molecule has 1 aromatic carbocycles. The number of ether oxygens (including phenoxy) is 1. The maximum absolute atomic E-state index is 8.70. The van der Waals surface area contributed by atoms with Gasteiger partial charge in [0, 0.05) is 25.1 Å². The molecular formula is C16H21N3O. The Labute approximate surface area is 121 Å². The highest BCUT2D eigenvalue weighted by Crippen LogP contribution is 2.19. The first kappa shape index (κ1) is 16.0. The van der Waals surface area contributed by atoms with Crippen molar-refractivity contribution in [3.8, 4) is 23.7 Å². The number of hydrogen-bond donors (Lipinski definition) is 1. The summed E-state index contributed by atoms with van der Waals surface area (Å²) in [6.45, 7) is 4.83. The number of nitriles is 1. The summed E-state index contributed by atoms with van der Waals surface area (Å²) in [4.78, 5) is 2.21. The first-order valence-corrected chi connectivity index (χ1v) is 6.70. The van der Waals surface area contributed by atoms with Crippen LogP contribution in [0.15, 0.2) is 18.2 Å². The molecular weight excluding hydrogens is 250 g/mol. The number of rotatable bonds is 6. The lowest BCUT2D eigenvalue weighted by molar-refractivity contribution is 0.286. The average Bonchev–Trinajstić information content (AvgIpc) is 2.49. The van der Waals surface area contributed by atoms with Crippen LogP contribution < -0.4 is 10.5 Å². The highest BCUT2D eigenvalue weighted by atomic mass is 16.5. The lowest BCUT2D eigenvalue weighted by Gasteiger charge is -2.20. The Morgan fingerprint density at radius 2 is 2.20 bits per heavy atom. The molecule has 0 bridgehead atoms. The Balaban J connectivity index is 2.96. The van der Waals surface area contributed by atoms with Gasteiger partial charge in [0.2, 0.25) is 0 Å². The van der Waals surface area contributed by atoms with Crippen LogP contribution in [0.2, 0.25) is 0 Å². The predicted octanol–water partition coefficient (Wildman–Crippen LogP) is 1.74. The van der Waals surface area contributed by atoms with Crippen molar-refractivity contribution >= 4 is 0 Å². The minimum Gasteiger partial charge on any atom is -0.497 e. The second-order valence-corrected chi connectivity index (χ2v) is 4.31. The third kappa shape index (κ3) is 4.93. The zero-order valence-electron chi connectivity index (χ0n) is 12.1. The molecule has 1 aromatic rings. The van der Waals surface area contributed by atoms with Gasteiger partial charge in [0.25, 0.3) is 0 Å². The van der Waals surface area contributed by atoms with Gasteiger partial charge in [0.05, 0.1) is 19.7 Å². The minimum atomic E-state index is 0.345. The quantitative estimate of drug-likeness (QED) is 0.801. The molecule has 0 aliphatic heterocycles. The van der Waals surface area contributed by atoms with Crippen molar-refractivity contribution in [2.75, 3.05) is 26.7 Å². The van der Waals surface area contributed by atoms with Gasteiger partial charge in [-0.2, -0.15) is 5.26 Å². The SMILES string of the molecule is CCN(CCC#N)Cc1cc(OC)ccc1C#CCN. The van der Waals surface area contributed by atoms with Crippen LogP contribution in [-0.4, -0.2) is 31.6 Å². The van der Waals surface area contributed by atoms with Crippen molar-refractivity contribution < 1.29 is 4.74 Å². The smallest absolute Gasteiger partial charge is 0.119 e. The van der Waals surface area contributed by atoms with Gasteiger partial charge >= 0.3 is 0 Å². The third-order valence-corrected chi connectivity index (χ3v) is 3.02. The summed E-state index contributed by atoms with van der Waals surface area (Å²) in [6.07, 6.45) is 0.529. The summed E-state index contributed by atoms with van der Waals surface area (Å²) < 4.78 is 5.27. The zero-order chi connectivity index (χ0) is 14.8. The molecule has 0 amide bonds. The van der Waals surface area contributed by atoms with E-state index in [2.05, 4.69) is 29.7 Å². The van der Waals surface area contributed by atoms with Gasteiger partial charge in [-0.1, -0.05) is 18.8 Å². The number of nitrogens with two attached hydrogens (primary N) is 1. The van der Waals surface area contributed by atoms with E-state index in [-0.39, 0.29) is 0 Å². The molecule has 0 saturated carbocycles. The number of nitrogens with zero attached hydrogens (tertiary/aromatic N) is 2. The maximum Gasteiger partial charge on any atom is 0.119 e. The summed E-state index contributed by atoms with van der Waals surface area (Å²) in [6, 6.07) is 8.03. The van der Waals surface area contributed by atoms with Gasteiger partial charge in [0.15, 0.2) is 0 Å². The van der Waals surface area contributed by atoms with E-state index in [1.165, 1.54) is 0 Å². The highest BCUT2D eigenvalue weighted by molar-refractivity contribution is 5.45. The Morgan fingerprint density at radius 3 is 2.80 bits per heavy atom. The van der Waals surface area contributed by atoms with Crippen LogP contribution in [0.1, 0.15) is 24.5 Å². The lowest BCUT2D eigenvalue weighted by atomic mass is 10.1. The summed E-state index contributed by atoms with van der Waals surface area (Å²) in [5.41, 5.74) is 7.50. The molecule has 0 aromatic heterocycles. The van der Waals surface area contributed by atoms with Crippen LogP contribution in [0.5, 0.6) is 5.75 Å². The minimum absolute atomic E-state index is 0.345. The molecule has 1 rings (SSSR count). The molecule has 0 saturated heterocycles. The van der Waals surface area contributed by atoms with Crippen LogP contribution in [-0.2, 0) is 6.54 Å². The van der Waals surface area contributed by atoms with Crippen molar-refractivity contribution in [2.24, 2.45) is 5.73 Å². The summed E-state index contributed by atoms with van der Waals surface area (Å²) in [5, 5.41) is 8.70. The first-order chi connectivity index (χ1) is 9.74. The normalized spacial score (nSPS) is 9.75. The number of hydrogen-bond acceptors (Lipinski definition) is 4. The van der Waals surface area contributed by atoms with Crippen molar-refractivity contribution in [1.82, 2.24) is 4.90 Å². The largest absolute Gasteiger partial charge is 0.497 e. The molecule has 20 heavy (non-hydrogen) atoms. The number of methoxy groups -OCH3 is 1. The molecule has 4 heteroatoms. The highest BCUT2D eigenvalue weighted by Gasteiger charge is 2.08. The molecule has 0 aliphatic rings.